The molecule has 1 amide bonds. The van der Waals surface area contributed by atoms with E-state index in [0.717, 1.165) is 15.5 Å². The summed E-state index contributed by atoms with van der Waals surface area (Å²) in [7, 11) is 0. The van der Waals surface area contributed by atoms with Crippen molar-refractivity contribution in [1.82, 2.24) is 0 Å². The van der Waals surface area contributed by atoms with Crippen molar-refractivity contribution in [2.24, 2.45) is 0 Å². The summed E-state index contributed by atoms with van der Waals surface area (Å²) >= 11 is 3.24. The minimum Gasteiger partial charge on any atom is -0.325 e. The van der Waals surface area contributed by atoms with Gasteiger partial charge in [-0.3, -0.25) is 4.79 Å². The van der Waals surface area contributed by atoms with Crippen LogP contribution in [-0.4, -0.2) is 17.9 Å². The van der Waals surface area contributed by atoms with E-state index in [0.29, 0.717) is 5.75 Å². The number of carbonyl (C=O) groups is 1. The first-order chi connectivity index (χ1) is 11.3. The lowest BCUT2D eigenvalue weighted by Gasteiger charge is -2.08. The van der Waals surface area contributed by atoms with Crippen LogP contribution in [0.15, 0.2) is 76.5 Å². The van der Waals surface area contributed by atoms with Crippen LogP contribution in [0.2, 0.25) is 0 Å². The second kappa shape index (κ2) is 7.57. The Morgan fingerprint density at radius 3 is 2.65 bits per heavy atom. The Balaban J connectivity index is 1.66. The lowest BCUT2D eigenvalue weighted by molar-refractivity contribution is -0.113. The molecule has 0 saturated carbocycles. The van der Waals surface area contributed by atoms with E-state index in [9.17, 15) is 4.79 Å². The maximum Gasteiger partial charge on any atom is 0.234 e. The zero-order valence-corrected chi connectivity index (χ0v) is 14.4. The van der Waals surface area contributed by atoms with Gasteiger partial charge in [-0.2, -0.15) is 0 Å². The summed E-state index contributed by atoms with van der Waals surface area (Å²) in [6.45, 7) is 0. The first kappa shape index (κ1) is 16.0. The van der Waals surface area contributed by atoms with Crippen LogP contribution in [0.3, 0.4) is 0 Å². The summed E-state index contributed by atoms with van der Waals surface area (Å²) in [5.74, 6) is 0.415. The van der Waals surface area contributed by atoms with Gasteiger partial charge in [0.05, 0.1) is 5.75 Å². The highest BCUT2D eigenvalue weighted by molar-refractivity contribution is 8.00. The van der Waals surface area contributed by atoms with Gasteiger partial charge < -0.3 is 5.32 Å². The van der Waals surface area contributed by atoms with Crippen LogP contribution in [0.5, 0.6) is 0 Å². The van der Waals surface area contributed by atoms with E-state index in [1.165, 1.54) is 10.8 Å². The first-order valence-corrected chi connectivity index (χ1v) is 9.52. The number of carbonyl (C=O) groups excluding carboxylic acids is 1. The molecule has 0 spiro atoms. The van der Waals surface area contributed by atoms with Crippen molar-refractivity contribution in [3.63, 3.8) is 0 Å². The van der Waals surface area contributed by atoms with Crippen molar-refractivity contribution in [3.05, 3.63) is 66.7 Å². The highest BCUT2D eigenvalue weighted by atomic mass is 32.2. The van der Waals surface area contributed by atoms with Crippen molar-refractivity contribution in [3.8, 4) is 0 Å². The van der Waals surface area contributed by atoms with E-state index in [1.807, 2.05) is 48.7 Å². The lowest BCUT2D eigenvalue weighted by atomic mass is 10.1. The van der Waals surface area contributed by atoms with Crippen LogP contribution >= 0.6 is 23.5 Å². The SMILES string of the molecule is CSc1cccc(NC(=O)CSc2cccc3ccccc23)c1. The largest absolute Gasteiger partial charge is 0.325 e. The number of anilines is 1. The number of hydrogen-bond acceptors (Lipinski definition) is 3. The zero-order chi connectivity index (χ0) is 16.1. The molecule has 0 fully saturated rings. The van der Waals surface area contributed by atoms with Gasteiger partial charge in [-0.1, -0.05) is 42.5 Å². The molecular formula is C19H17NOS2. The fourth-order valence-corrected chi connectivity index (χ4v) is 3.70. The van der Waals surface area contributed by atoms with Crippen LogP contribution in [-0.2, 0) is 4.79 Å². The summed E-state index contributed by atoms with van der Waals surface area (Å²) in [6.07, 6.45) is 2.03. The molecule has 3 rings (SSSR count). The predicted molar refractivity (Wildman–Crippen MR) is 102 cm³/mol. The molecule has 1 N–H and O–H groups in total. The maximum absolute atomic E-state index is 12.2. The normalized spacial score (nSPS) is 10.7. The summed E-state index contributed by atoms with van der Waals surface area (Å²) in [5.41, 5.74) is 0.848. The number of hydrogen-bond donors (Lipinski definition) is 1. The van der Waals surface area contributed by atoms with Gasteiger partial charge in [0.2, 0.25) is 5.91 Å². The van der Waals surface area contributed by atoms with E-state index in [2.05, 4.69) is 29.6 Å². The van der Waals surface area contributed by atoms with Gasteiger partial charge in [-0.25, -0.2) is 0 Å². The Labute approximate surface area is 144 Å². The van der Waals surface area contributed by atoms with Gasteiger partial charge in [0.1, 0.15) is 0 Å². The van der Waals surface area contributed by atoms with E-state index < -0.39 is 0 Å². The topological polar surface area (TPSA) is 29.1 Å². The Hall–Kier alpha value is -1.91. The van der Waals surface area contributed by atoms with Crippen molar-refractivity contribution in [2.45, 2.75) is 9.79 Å². The smallest absolute Gasteiger partial charge is 0.234 e. The van der Waals surface area contributed by atoms with Crippen molar-refractivity contribution in [1.29, 1.82) is 0 Å². The molecule has 0 radical (unpaired) electrons. The highest BCUT2D eigenvalue weighted by Gasteiger charge is 2.06. The molecule has 0 bridgehead atoms. The average molecular weight is 339 g/mol. The Morgan fingerprint density at radius 2 is 1.78 bits per heavy atom. The van der Waals surface area contributed by atoms with Crippen LogP contribution in [0.1, 0.15) is 0 Å². The Bertz CT molecular complexity index is 827. The zero-order valence-electron chi connectivity index (χ0n) is 12.8. The third-order valence-corrected chi connectivity index (χ3v) is 5.26. The fourth-order valence-electron chi connectivity index (χ4n) is 2.36. The van der Waals surface area contributed by atoms with E-state index in [-0.39, 0.29) is 5.91 Å². The standard InChI is InChI=1S/C19H17NOS2/c1-22-16-9-5-8-15(12-16)20-19(21)13-23-18-11-4-7-14-6-2-3-10-17(14)18/h2-12H,13H2,1H3,(H,20,21). The van der Waals surface area contributed by atoms with Crippen molar-refractivity contribution >= 4 is 45.9 Å². The molecule has 2 nitrogen and oxygen atoms in total. The van der Waals surface area contributed by atoms with E-state index in [4.69, 9.17) is 0 Å². The number of benzene rings is 3. The minimum atomic E-state index is 0.0150. The van der Waals surface area contributed by atoms with Gasteiger partial charge >= 0.3 is 0 Å². The Morgan fingerprint density at radius 1 is 1.00 bits per heavy atom. The minimum absolute atomic E-state index is 0.0150. The molecule has 0 aliphatic heterocycles. The van der Waals surface area contributed by atoms with Gasteiger partial charge in [0.25, 0.3) is 0 Å². The van der Waals surface area contributed by atoms with E-state index >= 15 is 0 Å². The van der Waals surface area contributed by atoms with Crippen molar-refractivity contribution in [2.75, 3.05) is 17.3 Å². The summed E-state index contributed by atoms with van der Waals surface area (Å²) in [6, 6.07) is 22.3. The third kappa shape index (κ3) is 4.09. The van der Waals surface area contributed by atoms with E-state index in [1.54, 1.807) is 23.5 Å². The maximum atomic E-state index is 12.2. The second-order valence-corrected chi connectivity index (χ2v) is 6.94. The number of nitrogens with one attached hydrogen (secondary N) is 1. The average Bonchev–Trinajstić information content (AvgIpc) is 2.60. The predicted octanol–water partition coefficient (Wildman–Crippen LogP) is 5.29. The van der Waals surface area contributed by atoms with Gasteiger partial charge in [0.15, 0.2) is 0 Å². The van der Waals surface area contributed by atoms with Crippen LogP contribution < -0.4 is 5.32 Å². The van der Waals surface area contributed by atoms with Gasteiger partial charge in [0, 0.05) is 15.5 Å². The number of thioether (sulfide) groups is 2. The van der Waals surface area contributed by atoms with Gasteiger partial charge in [-0.05, 0) is 41.3 Å². The van der Waals surface area contributed by atoms with Gasteiger partial charge in [-0.15, -0.1) is 23.5 Å². The Kier molecular flexibility index (Phi) is 5.26. The fraction of sp³-hybridized carbons (Fsp3) is 0.105. The molecule has 3 aromatic rings. The van der Waals surface area contributed by atoms with Crippen LogP contribution in [0.4, 0.5) is 5.69 Å². The monoisotopic (exact) mass is 339 g/mol. The van der Waals surface area contributed by atoms with Crippen LogP contribution in [0, 0.1) is 0 Å². The molecule has 0 aliphatic carbocycles. The molecule has 4 heteroatoms. The first-order valence-electron chi connectivity index (χ1n) is 7.31. The summed E-state index contributed by atoms with van der Waals surface area (Å²) < 4.78 is 0. The molecule has 0 aliphatic rings. The molecule has 0 aromatic heterocycles. The molecule has 0 unspecified atom stereocenters. The lowest BCUT2D eigenvalue weighted by Crippen LogP contribution is -2.13. The molecule has 23 heavy (non-hydrogen) atoms. The third-order valence-electron chi connectivity index (χ3n) is 3.46. The van der Waals surface area contributed by atoms with Crippen molar-refractivity contribution < 1.29 is 4.79 Å². The molecule has 116 valence electrons. The molecular weight excluding hydrogens is 322 g/mol. The summed E-state index contributed by atoms with van der Waals surface area (Å²) in [5, 5.41) is 5.35. The molecule has 3 aromatic carbocycles. The number of fused-ring (bicyclic) bond motifs is 1. The molecule has 0 heterocycles. The highest BCUT2D eigenvalue weighted by Crippen LogP contribution is 2.28. The second-order valence-electron chi connectivity index (χ2n) is 5.05. The van der Waals surface area contributed by atoms with Crippen LogP contribution in [0.25, 0.3) is 10.8 Å². The number of amides is 1. The quantitative estimate of drug-likeness (QED) is 0.640. The number of rotatable bonds is 5. The molecule has 0 atom stereocenters. The summed E-state index contributed by atoms with van der Waals surface area (Å²) in [4.78, 5) is 14.5. The molecule has 0 saturated heterocycles.